The number of aromatic nitrogens is 2. The van der Waals surface area contributed by atoms with Crippen LogP contribution in [0, 0.1) is 0 Å². The molecule has 6 nitrogen and oxygen atoms in total. The molecule has 1 atom stereocenters. The Kier molecular flexibility index (Phi) is 6.05. The van der Waals surface area contributed by atoms with Gasteiger partial charge in [0.05, 0.1) is 26.4 Å². The van der Waals surface area contributed by atoms with Gasteiger partial charge >= 0.3 is 0 Å². The second kappa shape index (κ2) is 8.24. The van der Waals surface area contributed by atoms with E-state index < -0.39 is 0 Å². The second-order valence-corrected chi connectivity index (χ2v) is 6.78. The summed E-state index contributed by atoms with van der Waals surface area (Å²) in [6.07, 6.45) is 4.23. The number of morpholine rings is 1. The van der Waals surface area contributed by atoms with Gasteiger partial charge in [-0.3, -0.25) is 14.5 Å². The number of hydrogen-bond donors (Lipinski definition) is 1. The number of ether oxygens (including phenoxy) is 1. The molecule has 2 aliphatic rings. The molecule has 1 unspecified atom stereocenters. The van der Waals surface area contributed by atoms with E-state index in [-0.39, 0.29) is 6.61 Å². The SMILES string of the molecule is CC(CN1CCOCC1)N1CCC(c2ccnn2CCO)CC1. The number of hydrogen-bond acceptors (Lipinski definition) is 5. The summed E-state index contributed by atoms with van der Waals surface area (Å²) in [6, 6.07) is 2.73. The molecule has 0 amide bonds. The van der Waals surface area contributed by atoms with Crippen LogP contribution >= 0.6 is 0 Å². The Balaban J connectivity index is 1.48. The average molecular weight is 322 g/mol. The second-order valence-electron chi connectivity index (χ2n) is 6.78. The Hall–Kier alpha value is -0.950. The molecular formula is C17H30N4O2. The zero-order valence-corrected chi connectivity index (χ0v) is 14.2. The average Bonchev–Trinajstić information content (AvgIpc) is 3.04. The normalized spacial score (nSPS) is 23.2. The van der Waals surface area contributed by atoms with Gasteiger partial charge in [-0.2, -0.15) is 5.10 Å². The first kappa shape index (κ1) is 16.9. The summed E-state index contributed by atoms with van der Waals surface area (Å²) in [7, 11) is 0. The van der Waals surface area contributed by atoms with Crippen molar-refractivity contribution in [2.24, 2.45) is 0 Å². The molecule has 130 valence electrons. The van der Waals surface area contributed by atoms with Crippen LogP contribution in [0.5, 0.6) is 0 Å². The van der Waals surface area contributed by atoms with E-state index in [0.29, 0.717) is 18.5 Å². The van der Waals surface area contributed by atoms with Gasteiger partial charge in [0.1, 0.15) is 0 Å². The summed E-state index contributed by atoms with van der Waals surface area (Å²) >= 11 is 0. The predicted octanol–water partition coefficient (Wildman–Crippen LogP) is 0.776. The van der Waals surface area contributed by atoms with Crippen molar-refractivity contribution in [1.82, 2.24) is 19.6 Å². The van der Waals surface area contributed by atoms with Crippen molar-refractivity contribution in [2.75, 3.05) is 52.5 Å². The lowest BCUT2D eigenvalue weighted by atomic mass is 9.92. The largest absolute Gasteiger partial charge is 0.394 e. The van der Waals surface area contributed by atoms with Crippen molar-refractivity contribution in [3.05, 3.63) is 18.0 Å². The maximum absolute atomic E-state index is 9.15. The van der Waals surface area contributed by atoms with Crippen molar-refractivity contribution in [3.8, 4) is 0 Å². The van der Waals surface area contributed by atoms with Gasteiger partial charge in [0.15, 0.2) is 0 Å². The van der Waals surface area contributed by atoms with E-state index in [4.69, 9.17) is 9.84 Å². The highest BCUT2D eigenvalue weighted by Gasteiger charge is 2.26. The summed E-state index contributed by atoms with van der Waals surface area (Å²) in [6.45, 7) is 10.5. The third-order valence-corrected chi connectivity index (χ3v) is 5.26. The molecule has 1 aromatic heterocycles. The van der Waals surface area contributed by atoms with Crippen molar-refractivity contribution in [2.45, 2.75) is 38.3 Å². The molecule has 6 heteroatoms. The van der Waals surface area contributed by atoms with Crippen LogP contribution in [0.3, 0.4) is 0 Å². The van der Waals surface area contributed by atoms with Crippen molar-refractivity contribution in [3.63, 3.8) is 0 Å². The van der Waals surface area contributed by atoms with Crippen LogP contribution in [0.1, 0.15) is 31.4 Å². The fourth-order valence-corrected chi connectivity index (χ4v) is 3.88. The Labute approximate surface area is 139 Å². The molecule has 1 N–H and O–H groups in total. The lowest BCUT2D eigenvalue weighted by Crippen LogP contribution is -2.48. The number of aliphatic hydroxyl groups excluding tert-OH is 1. The minimum Gasteiger partial charge on any atom is -0.394 e. The van der Waals surface area contributed by atoms with E-state index in [1.165, 1.54) is 18.5 Å². The van der Waals surface area contributed by atoms with Crippen LogP contribution in [0.25, 0.3) is 0 Å². The van der Waals surface area contributed by atoms with Crippen LogP contribution < -0.4 is 0 Å². The van der Waals surface area contributed by atoms with Crippen LogP contribution in [0.4, 0.5) is 0 Å². The third-order valence-electron chi connectivity index (χ3n) is 5.26. The number of rotatable bonds is 6. The predicted molar refractivity (Wildman–Crippen MR) is 89.6 cm³/mol. The Morgan fingerprint density at radius 2 is 2.00 bits per heavy atom. The van der Waals surface area contributed by atoms with Crippen LogP contribution in [0.2, 0.25) is 0 Å². The van der Waals surface area contributed by atoms with Gasteiger partial charge in [0, 0.05) is 43.5 Å². The third kappa shape index (κ3) is 4.32. The Morgan fingerprint density at radius 1 is 1.26 bits per heavy atom. The topological polar surface area (TPSA) is 53.8 Å². The summed E-state index contributed by atoms with van der Waals surface area (Å²) in [5.74, 6) is 0.580. The molecular weight excluding hydrogens is 292 g/mol. The van der Waals surface area contributed by atoms with E-state index in [9.17, 15) is 0 Å². The minimum absolute atomic E-state index is 0.157. The standard InChI is InChI=1S/C17H30N4O2/c1-15(14-19-9-12-23-13-10-19)20-6-3-16(4-7-20)17-2-5-18-21(17)8-11-22/h2,5,15-16,22H,3-4,6-14H2,1H3. The first-order valence-electron chi connectivity index (χ1n) is 8.94. The summed E-state index contributed by atoms with van der Waals surface area (Å²) in [5, 5.41) is 13.5. The molecule has 1 aromatic rings. The smallest absolute Gasteiger partial charge is 0.0644 e. The van der Waals surface area contributed by atoms with E-state index in [0.717, 1.165) is 45.9 Å². The van der Waals surface area contributed by atoms with Gasteiger partial charge in [0.25, 0.3) is 0 Å². The quantitative estimate of drug-likeness (QED) is 0.839. The van der Waals surface area contributed by atoms with Gasteiger partial charge in [-0.05, 0) is 38.9 Å². The summed E-state index contributed by atoms with van der Waals surface area (Å²) in [4.78, 5) is 5.15. The lowest BCUT2D eigenvalue weighted by Gasteiger charge is -2.39. The highest BCUT2D eigenvalue weighted by Crippen LogP contribution is 2.28. The fraction of sp³-hybridized carbons (Fsp3) is 0.824. The fourth-order valence-electron chi connectivity index (χ4n) is 3.88. The zero-order chi connectivity index (χ0) is 16.1. The molecule has 0 spiro atoms. The highest BCUT2D eigenvalue weighted by atomic mass is 16.5. The van der Waals surface area contributed by atoms with Gasteiger partial charge in [-0.15, -0.1) is 0 Å². The number of nitrogens with zero attached hydrogens (tertiary/aromatic N) is 4. The molecule has 0 aliphatic carbocycles. The van der Waals surface area contributed by atoms with E-state index in [1.54, 1.807) is 0 Å². The Morgan fingerprint density at radius 3 is 2.70 bits per heavy atom. The van der Waals surface area contributed by atoms with Gasteiger partial charge in [-0.1, -0.05) is 0 Å². The maximum atomic E-state index is 9.15. The highest BCUT2D eigenvalue weighted by molar-refractivity contribution is 5.09. The van der Waals surface area contributed by atoms with E-state index >= 15 is 0 Å². The molecule has 23 heavy (non-hydrogen) atoms. The van der Waals surface area contributed by atoms with Gasteiger partial charge in [-0.25, -0.2) is 0 Å². The molecule has 2 aliphatic heterocycles. The monoisotopic (exact) mass is 322 g/mol. The molecule has 3 heterocycles. The molecule has 3 rings (SSSR count). The minimum atomic E-state index is 0.157. The van der Waals surface area contributed by atoms with Crippen molar-refractivity contribution < 1.29 is 9.84 Å². The molecule has 0 radical (unpaired) electrons. The van der Waals surface area contributed by atoms with Crippen molar-refractivity contribution >= 4 is 0 Å². The zero-order valence-electron chi connectivity index (χ0n) is 14.2. The van der Waals surface area contributed by atoms with Crippen LogP contribution in [0.15, 0.2) is 12.3 Å². The first-order chi connectivity index (χ1) is 11.3. The molecule has 0 saturated carbocycles. The lowest BCUT2D eigenvalue weighted by molar-refractivity contribution is 0.0217. The number of likely N-dealkylation sites (tertiary alicyclic amines) is 1. The van der Waals surface area contributed by atoms with E-state index in [2.05, 4.69) is 27.9 Å². The van der Waals surface area contributed by atoms with Gasteiger partial charge < -0.3 is 9.84 Å². The maximum Gasteiger partial charge on any atom is 0.0644 e. The first-order valence-corrected chi connectivity index (χ1v) is 8.94. The van der Waals surface area contributed by atoms with Crippen LogP contribution in [-0.4, -0.2) is 83.3 Å². The number of aliphatic hydroxyl groups is 1. The molecule has 2 saturated heterocycles. The number of piperidine rings is 1. The van der Waals surface area contributed by atoms with Gasteiger partial charge in [0.2, 0.25) is 0 Å². The summed E-state index contributed by atoms with van der Waals surface area (Å²) < 4.78 is 7.40. The Bertz CT molecular complexity index is 465. The molecule has 0 bridgehead atoms. The summed E-state index contributed by atoms with van der Waals surface area (Å²) in [5.41, 5.74) is 1.29. The van der Waals surface area contributed by atoms with Crippen LogP contribution in [-0.2, 0) is 11.3 Å². The van der Waals surface area contributed by atoms with E-state index in [1.807, 2.05) is 10.9 Å². The van der Waals surface area contributed by atoms with Crippen molar-refractivity contribution in [1.29, 1.82) is 0 Å². The molecule has 2 fully saturated rings. The molecule has 0 aromatic carbocycles.